The van der Waals surface area contributed by atoms with Crippen molar-refractivity contribution in [3.63, 3.8) is 0 Å². The van der Waals surface area contributed by atoms with Gasteiger partial charge in [-0.2, -0.15) is 0 Å². The quantitative estimate of drug-likeness (QED) is 0.468. The summed E-state index contributed by atoms with van der Waals surface area (Å²) in [6.45, 7) is 15.8. The predicted octanol–water partition coefficient (Wildman–Crippen LogP) is 5.89. The van der Waals surface area contributed by atoms with Gasteiger partial charge in [0.2, 0.25) is 0 Å². The zero-order valence-electron chi connectivity index (χ0n) is 18.6. The number of allylic oxidation sites excluding steroid dienone is 2. The second-order valence-electron chi connectivity index (χ2n) is 8.78. The van der Waals surface area contributed by atoms with Gasteiger partial charge in [-0.05, 0) is 57.7 Å². The lowest BCUT2D eigenvalue weighted by atomic mass is 9.78. The smallest absolute Gasteiger partial charge is 0.411 e. The van der Waals surface area contributed by atoms with Crippen molar-refractivity contribution >= 4 is 6.09 Å². The van der Waals surface area contributed by atoms with E-state index in [1.807, 2.05) is 97.9 Å². The molecule has 1 unspecified atom stereocenters. The van der Waals surface area contributed by atoms with Crippen molar-refractivity contribution in [1.29, 1.82) is 0 Å². The molecule has 156 valence electrons. The fourth-order valence-corrected chi connectivity index (χ4v) is 3.22. The van der Waals surface area contributed by atoms with E-state index < -0.39 is 6.10 Å². The standard InChI is InChI=1S/C24H37NO3/c1-9-13-20(28-23(27)25(17(2)3)18(4)5)16-21(22(26)24(6,7)8)19-14-11-10-12-15-19/h9-18,21-22,26H,1-8H3/b13-9+,20-16-/t21?,22-/m0/s1. The molecule has 0 aliphatic carbocycles. The lowest BCUT2D eigenvalue weighted by Crippen LogP contribution is -2.42. The van der Waals surface area contributed by atoms with Crippen LogP contribution in [0.2, 0.25) is 0 Å². The molecule has 0 fully saturated rings. The number of nitrogens with zero attached hydrogens (tertiary/aromatic N) is 1. The average Bonchev–Trinajstić information content (AvgIpc) is 2.58. The molecule has 0 aliphatic heterocycles. The summed E-state index contributed by atoms with van der Waals surface area (Å²) >= 11 is 0. The van der Waals surface area contributed by atoms with Crippen molar-refractivity contribution in [2.45, 2.75) is 79.5 Å². The third-order valence-corrected chi connectivity index (χ3v) is 4.62. The van der Waals surface area contributed by atoms with E-state index in [0.717, 1.165) is 5.56 Å². The molecular formula is C24H37NO3. The fraction of sp³-hybridized carbons (Fsp3) is 0.542. The summed E-state index contributed by atoms with van der Waals surface area (Å²) in [6.07, 6.45) is 4.43. The van der Waals surface area contributed by atoms with E-state index in [1.165, 1.54) is 0 Å². The number of hydrogen-bond acceptors (Lipinski definition) is 3. The van der Waals surface area contributed by atoms with Gasteiger partial charge in [0, 0.05) is 18.0 Å². The third-order valence-electron chi connectivity index (χ3n) is 4.62. The molecule has 0 bridgehead atoms. The van der Waals surface area contributed by atoms with Crippen molar-refractivity contribution in [2.75, 3.05) is 0 Å². The first kappa shape index (κ1) is 24.0. The van der Waals surface area contributed by atoms with Crippen molar-refractivity contribution in [3.8, 4) is 0 Å². The van der Waals surface area contributed by atoms with Gasteiger partial charge < -0.3 is 14.7 Å². The summed E-state index contributed by atoms with van der Waals surface area (Å²) in [5, 5.41) is 11.0. The topological polar surface area (TPSA) is 49.8 Å². The minimum Gasteiger partial charge on any atom is -0.411 e. The van der Waals surface area contributed by atoms with Gasteiger partial charge in [0.05, 0.1) is 6.10 Å². The zero-order chi connectivity index (χ0) is 21.5. The van der Waals surface area contributed by atoms with Crippen LogP contribution in [0.15, 0.2) is 54.3 Å². The van der Waals surface area contributed by atoms with E-state index in [-0.39, 0.29) is 29.5 Å². The summed E-state index contributed by atoms with van der Waals surface area (Å²) in [5.74, 6) is 0.141. The highest BCUT2D eigenvalue weighted by molar-refractivity contribution is 5.70. The molecule has 28 heavy (non-hydrogen) atoms. The molecule has 0 saturated carbocycles. The Hall–Kier alpha value is -2.07. The molecule has 1 amide bonds. The molecule has 2 atom stereocenters. The molecule has 1 aromatic rings. The molecule has 4 nitrogen and oxygen atoms in total. The number of benzene rings is 1. The van der Waals surface area contributed by atoms with Crippen molar-refractivity contribution in [2.24, 2.45) is 5.41 Å². The van der Waals surface area contributed by atoms with Crippen LogP contribution in [-0.2, 0) is 4.74 Å². The van der Waals surface area contributed by atoms with Crippen LogP contribution >= 0.6 is 0 Å². The van der Waals surface area contributed by atoms with Crippen LogP contribution in [0.4, 0.5) is 4.79 Å². The molecule has 0 aliphatic rings. The molecule has 0 spiro atoms. The summed E-state index contributed by atoms with van der Waals surface area (Å²) in [4.78, 5) is 14.5. The Labute approximate surface area is 170 Å². The van der Waals surface area contributed by atoms with Gasteiger partial charge in [0.25, 0.3) is 0 Å². The largest absolute Gasteiger partial charge is 0.415 e. The first-order valence-electron chi connectivity index (χ1n) is 10.1. The molecule has 0 radical (unpaired) electrons. The van der Waals surface area contributed by atoms with E-state index in [1.54, 1.807) is 11.0 Å². The van der Waals surface area contributed by atoms with Gasteiger partial charge in [-0.1, -0.05) is 57.2 Å². The second kappa shape index (κ2) is 10.5. The summed E-state index contributed by atoms with van der Waals surface area (Å²) in [5.41, 5.74) is 0.650. The Balaban J connectivity index is 3.31. The number of ether oxygens (including phenoxy) is 1. The first-order chi connectivity index (χ1) is 13.0. The lowest BCUT2D eigenvalue weighted by Gasteiger charge is -2.33. The molecule has 0 aromatic heterocycles. The first-order valence-corrected chi connectivity index (χ1v) is 10.1. The Kier molecular flexibility index (Phi) is 8.96. The number of aliphatic hydroxyl groups excluding tert-OH is 1. The van der Waals surface area contributed by atoms with Gasteiger partial charge in [-0.25, -0.2) is 4.79 Å². The number of rotatable bonds is 7. The van der Waals surface area contributed by atoms with Crippen LogP contribution in [0.3, 0.4) is 0 Å². The van der Waals surface area contributed by atoms with Gasteiger partial charge in [0.1, 0.15) is 5.76 Å². The minimum absolute atomic E-state index is 0.0319. The monoisotopic (exact) mass is 387 g/mol. The van der Waals surface area contributed by atoms with E-state index in [0.29, 0.717) is 5.76 Å². The SMILES string of the molecule is C/C=C/C(=C/C(c1ccccc1)[C@H](O)C(C)(C)C)OC(=O)N(C(C)C)C(C)C. The average molecular weight is 388 g/mol. The molecule has 0 saturated heterocycles. The maximum atomic E-state index is 12.8. The lowest BCUT2D eigenvalue weighted by molar-refractivity contribution is 0.0495. The highest BCUT2D eigenvalue weighted by atomic mass is 16.6. The Morgan fingerprint density at radius 2 is 1.61 bits per heavy atom. The molecule has 1 rings (SSSR count). The maximum Gasteiger partial charge on any atom is 0.415 e. The van der Waals surface area contributed by atoms with Crippen LogP contribution in [0, 0.1) is 5.41 Å². The van der Waals surface area contributed by atoms with E-state index in [2.05, 4.69) is 0 Å². The summed E-state index contributed by atoms with van der Waals surface area (Å²) in [6, 6.07) is 9.88. The number of amides is 1. The highest BCUT2D eigenvalue weighted by Crippen LogP contribution is 2.34. The van der Waals surface area contributed by atoms with Crippen LogP contribution < -0.4 is 0 Å². The summed E-state index contributed by atoms with van der Waals surface area (Å²) in [7, 11) is 0. The van der Waals surface area contributed by atoms with Gasteiger partial charge in [-0.3, -0.25) is 0 Å². The predicted molar refractivity (Wildman–Crippen MR) is 116 cm³/mol. The molecule has 1 N–H and O–H groups in total. The second-order valence-corrected chi connectivity index (χ2v) is 8.78. The van der Waals surface area contributed by atoms with Gasteiger partial charge >= 0.3 is 6.09 Å². The minimum atomic E-state index is -0.639. The number of hydrogen-bond donors (Lipinski definition) is 1. The van der Waals surface area contributed by atoms with E-state index in [4.69, 9.17) is 4.74 Å². The van der Waals surface area contributed by atoms with Gasteiger partial charge in [-0.15, -0.1) is 0 Å². The number of carbonyl (C=O) groups is 1. The maximum absolute atomic E-state index is 12.8. The highest BCUT2D eigenvalue weighted by Gasteiger charge is 2.31. The van der Waals surface area contributed by atoms with Crippen LogP contribution in [0.1, 0.15) is 66.9 Å². The molecular weight excluding hydrogens is 350 g/mol. The third kappa shape index (κ3) is 6.83. The molecule has 4 heteroatoms. The van der Waals surface area contributed by atoms with Crippen LogP contribution in [0.25, 0.3) is 0 Å². The number of carbonyl (C=O) groups excluding carboxylic acids is 1. The van der Waals surface area contributed by atoms with Gasteiger partial charge in [0.15, 0.2) is 0 Å². The summed E-state index contributed by atoms with van der Waals surface area (Å²) < 4.78 is 5.74. The van der Waals surface area contributed by atoms with Crippen molar-refractivity contribution in [3.05, 3.63) is 59.9 Å². The van der Waals surface area contributed by atoms with Crippen LogP contribution in [0.5, 0.6) is 0 Å². The normalized spacial score (nSPS) is 15.2. The Morgan fingerprint density at radius 3 is 2.04 bits per heavy atom. The molecule has 0 heterocycles. The van der Waals surface area contributed by atoms with Crippen LogP contribution in [-0.4, -0.2) is 34.3 Å². The Morgan fingerprint density at radius 1 is 1.07 bits per heavy atom. The zero-order valence-corrected chi connectivity index (χ0v) is 18.6. The molecule has 1 aromatic carbocycles. The van der Waals surface area contributed by atoms with E-state index in [9.17, 15) is 9.90 Å². The number of aliphatic hydroxyl groups is 1. The Bertz CT molecular complexity index is 661. The fourth-order valence-electron chi connectivity index (χ4n) is 3.22. The van der Waals surface area contributed by atoms with E-state index >= 15 is 0 Å². The van der Waals surface area contributed by atoms with Crippen molar-refractivity contribution < 1.29 is 14.6 Å². The van der Waals surface area contributed by atoms with Crippen molar-refractivity contribution in [1.82, 2.24) is 4.90 Å².